The highest BCUT2D eigenvalue weighted by Crippen LogP contribution is 2.40. The van der Waals surface area contributed by atoms with Gasteiger partial charge in [0.15, 0.2) is 11.6 Å². The summed E-state index contributed by atoms with van der Waals surface area (Å²) in [5.74, 6) is -0.777. The zero-order valence-corrected chi connectivity index (χ0v) is 17.6. The largest absolute Gasteiger partial charge is 0.507 e. The van der Waals surface area contributed by atoms with E-state index < -0.39 is 11.6 Å². The van der Waals surface area contributed by atoms with Gasteiger partial charge in [-0.15, -0.1) is 0 Å². The van der Waals surface area contributed by atoms with Crippen molar-refractivity contribution in [3.8, 4) is 5.75 Å². The average molecular weight is 417 g/mol. The first kappa shape index (κ1) is 21.2. The number of fused-ring (bicyclic) bond motifs is 1. The van der Waals surface area contributed by atoms with Gasteiger partial charge in [-0.1, -0.05) is 18.2 Å². The van der Waals surface area contributed by atoms with E-state index >= 15 is 0 Å². The molecule has 1 saturated heterocycles. The Bertz CT molecular complexity index is 897. The monoisotopic (exact) mass is 416 g/mol. The highest BCUT2D eigenvalue weighted by Gasteiger charge is 2.35. The van der Waals surface area contributed by atoms with Crippen molar-refractivity contribution in [3.63, 3.8) is 0 Å². The molecule has 1 fully saturated rings. The molecule has 4 rings (SSSR count). The molecular weight excluding hydrogens is 386 g/mol. The summed E-state index contributed by atoms with van der Waals surface area (Å²) in [6.45, 7) is 5.06. The Kier molecular flexibility index (Phi) is 6.37. The number of piperidine rings is 1. The van der Waals surface area contributed by atoms with E-state index in [1.54, 1.807) is 6.07 Å². The number of phenolic OH excluding ortho intramolecular Hbond substituents is 1. The molecule has 0 aromatic heterocycles. The Balaban J connectivity index is 1.41. The van der Waals surface area contributed by atoms with Crippen LogP contribution in [0.15, 0.2) is 30.3 Å². The number of aryl methyl sites for hydroxylation is 1. The number of aromatic hydroxyl groups is 1. The summed E-state index contributed by atoms with van der Waals surface area (Å²) >= 11 is 0. The third-order valence-corrected chi connectivity index (χ3v) is 6.55. The fourth-order valence-corrected chi connectivity index (χ4v) is 4.82. The Morgan fingerprint density at radius 1 is 1.13 bits per heavy atom. The van der Waals surface area contributed by atoms with Gasteiger partial charge in [0.2, 0.25) is 0 Å². The van der Waals surface area contributed by atoms with E-state index in [9.17, 15) is 13.9 Å². The SMILES string of the molecule is CNC[C@@H]1O[C@H](C2CCN(Cc3ccc(F)c(F)c3)CC2)Cc2c1ccc(C)c2O. The number of nitrogens with one attached hydrogen (secondary N) is 1. The molecule has 2 aromatic carbocycles. The predicted octanol–water partition coefficient (Wildman–Crippen LogP) is 4.09. The van der Waals surface area contributed by atoms with Crippen LogP contribution >= 0.6 is 0 Å². The van der Waals surface area contributed by atoms with Gasteiger partial charge >= 0.3 is 0 Å². The van der Waals surface area contributed by atoms with E-state index in [0.29, 0.717) is 24.8 Å². The normalized spacial score (nSPS) is 22.8. The maximum Gasteiger partial charge on any atom is 0.159 e. The molecule has 162 valence electrons. The molecule has 2 heterocycles. The van der Waals surface area contributed by atoms with Crippen molar-refractivity contribution in [2.45, 2.75) is 44.9 Å². The number of ether oxygens (including phenoxy) is 1. The molecule has 2 N–H and O–H groups in total. The first-order valence-corrected chi connectivity index (χ1v) is 10.7. The Labute approximate surface area is 176 Å². The van der Waals surface area contributed by atoms with E-state index in [4.69, 9.17) is 4.74 Å². The number of benzene rings is 2. The number of phenols is 1. The molecule has 2 aliphatic rings. The molecule has 2 aromatic rings. The summed E-state index contributed by atoms with van der Waals surface area (Å²) in [6, 6.07) is 8.17. The lowest BCUT2D eigenvalue weighted by atomic mass is 9.83. The topological polar surface area (TPSA) is 44.7 Å². The molecule has 2 atom stereocenters. The minimum Gasteiger partial charge on any atom is -0.507 e. The fraction of sp³-hybridized carbons (Fsp3) is 0.500. The van der Waals surface area contributed by atoms with E-state index in [2.05, 4.69) is 16.3 Å². The number of nitrogens with zero attached hydrogens (tertiary/aromatic N) is 1. The zero-order valence-electron chi connectivity index (χ0n) is 17.6. The van der Waals surface area contributed by atoms with Gasteiger partial charge in [-0.3, -0.25) is 4.90 Å². The smallest absolute Gasteiger partial charge is 0.159 e. The van der Waals surface area contributed by atoms with Crippen LogP contribution in [0.1, 0.15) is 41.2 Å². The van der Waals surface area contributed by atoms with Gasteiger partial charge < -0.3 is 15.2 Å². The maximum atomic E-state index is 13.5. The second-order valence-corrected chi connectivity index (χ2v) is 8.59. The average Bonchev–Trinajstić information content (AvgIpc) is 2.74. The lowest BCUT2D eigenvalue weighted by Gasteiger charge is -2.40. The highest BCUT2D eigenvalue weighted by atomic mass is 19.2. The number of hydrogen-bond acceptors (Lipinski definition) is 4. The van der Waals surface area contributed by atoms with Crippen LogP contribution in [0.3, 0.4) is 0 Å². The molecule has 6 heteroatoms. The Hall–Kier alpha value is -2.02. The van der Waals surface area contributed by atoms with Crippen molar-refractivity contribution in [2.24, 2.45) is 5.92 Å². The van der Waals surface area contributed by atoms with Crippen LogP contribution in [-0.4, -0.2) is 42.8 Å². The molecule has 0 amide bonds. The van der Waals surface area contributed by atoms with E-state index in [1.165, 1.54) is 12.1 Å². The molecule has 4 nitrogen and oxygen atoms in total. The summed E-state index contributed by atoms with van der Waals surface area (Å²) in [7, 11) is 1.91. The summed E-state index contributed by atoms with van der Waals surface area (Å²) < 4.78 is 33.1. The molecule has 30 heavy (non-hydrogen) atoms. The fourth-order valence-electron chi connectivity index (χ4n) is 4.82. The third kappa shape index (κ3) is 4.36. The van der Waals surface area contributed by atoms with Gasteiger partial charge in [0, 0.05) is 25.1 Å². The number of rotatable bonds is 5. The molecule has 0 aliphatic carbocycles. The second kappa shape index (κ2) is 9.00. The molecule has 0 saturated carbocycles. The van der Waals surface area contributed by atoms with Crippen LogP contribution in [0.2, 0.25) is 0 Å². The summed E-state index contributed by atoms with van der Waals surface area (Å²) in [5.41, 5.74) is 3.80. The minimum absolute atomic E-state index is 0.0597. The first-order chi connectivity index (χ1) is 14.5. The van der Waals surface area contributed by atoms with Gasteiger partial charge in [0.1, 0.15) is 5.75 Å². The predicted molar refractivity (Wildman–Crippen MR) is 112 cm³/mol. The highest BCUT2D eigenvalue weighted by molar-refractivity contribution is 5.47. The van der Waals surface area contributed by atoms with Crippen molar-refractivity contribution in [2.75, 3.05) is 26.7 Å². The van der Waals surface area contributed by atoms with Crippen LogP contribution in [-0.2, 0) is 17.7 Å². The van der Waals surface area contributed by atoms with Crippen molar-refractivity contribution in [1.29, 1.82) is 0 Å². The standard InChI is InChI=1S/C24H30F2N2O2/c1-15-3-5-18-19(24(15)29)12-22(30-23(18)13-27-2)17-7-9-28(10-8-17)14-16-4-6-20(25)21(26)11-16/h3-6,11,17,22-23,27,29H,7-10,12-14H2,1-2H3/t22-,23-/m0/s1. The molecular formula is C24H30F2N2O2. The molecule has 0 unspecified atom stereocenters. The summed E-state index contributed by atoms with van der Waals surface area (Å²) in [4.78, 5) is 2.28. The van der Waals surface area contributed by atoms with Crippen LogP contribution in [0.25, 0.3) is 0 Å². The van der Waals surface area contributed by atoms with Crippen molar-refractivity contribution in [3.05, 3.63) is 64.2 Å². The first-order valence-electron chi connectivity index (χ1n) is 10.7. The van der Waals surface area contributed by atoms with Gasteiger partial charge in [-0.25, -0.2) is 8.78 Å². The van der Waals surface area contributed by atoms with Crippen molar-refractivity contribution >= 4 is 0 Å². The van der Waals surface area contributed by atoms with Crippen molar-refractivity contribution in [1.82, 2.24) is 10.2 Å². The number of likely N-dealkylation sites (N-methyl/N-ethyl adjacent to an activating group) is 1. The van der Waals surface area contributed by atoms with Gasteiger partial charge in [0.05, 0.1) is 12.2 Å². The van der Waals surface area contributed by atoms with Crippen molar-refractivity contribution < 1.29 is 18.6 Å². The van der Waals surface area contributed by atoms with Crippen LogP contribution < -0.4 is 5.32 Å². The zero-order chi connectivity index (χ0) is 21.3. The number of hydrogen-bond donors (Lipinski definition) is 2. The lowest BCUT2D eigenvalue weighted by Crippen LogP contribution is -2.42. The summed E-state index contributed by atoms with van der Waals surface area (Å²) in [6.07, 6.45) is 2.73. The van der Waals surface area contributed by atoms with E-state index in [1.807, 2.05) is 20.0 Å². The number of halogens is 2. The van der Waals surface area contributed by atoms with Gasteiger partial charge in [0.25, 0.3) is 0 Å². The molecule has 0 spiro atoms. The maximum absolute atomic E-state index is 13.5. The van der Waals surface area contributed by atoms with E-state index in [0.717, 1.165) is 54.6 Å². The second-order valence-electron chi connectivity index (χ2n) is 8.59. The lowest BCUT2D eigenvalue weighted by molar-refractivity contribution is -0.0674. The molecule has 0 radical (unpaired) electrons. The summed E-state index contributed by atoms with van der Waals surface area (Å²) in [5, 5.41) is 13.9. The Morgan fingerprint density at radius 2 is 1.90 bits per heavy atom. The van der Waals surface area contributed by atoms with Crippen LogP contribution in [0, 0.1) is 24.5 Å². The number of likely N-dealkylation sites (tertiary alicyclic amines) is 1. The van der Waals surface area contributed by atoms with Crippen LogP contribution in [0.5, 0.6) is 5.75 Å². The van der Waals surface area contributed by atoms with E-state index in [-0.39, 0.29) is 12.2 Å². The molecule has 2 aliphatic heterocycles. The quantitative estimate of drug-likeness (QED) is 0.771. The molecule has 0 bridgehead atoms. The van der Waals surface area contributed by atoms with Crippen LogP contribution in [0.4, 0.5) is 8.78 Å². The van der Waals surface area contributed by atoms with Gasteiger partial charge in [-0.05, 0) is 74.6 Å². The minimum atomic E-state index is -0.804. The Morgan fingerprint density at radius 3 is 2.60 bits per heavy atom. The van der Waals surface area contributed by atoms with Gasteiger partial charge in [-0.2, -0.15) is 0 Å². The third-order valence-electron chi connectivity index (χ3n) is 6.55.